The Morgan fingerprint density at radius 2 is 2.16 bits per heavy atom. The average molecular weight is 284 g/mol. The van der Waals surface area contributed by atoms with Crippen LogP contribution in [0.5, 0.6) is 5.75 Å². The zero-order valence-electron chi connectivity index (χ0n) is 11.0. The largest absolute Gasteiger partial charge is 0.508 e. The topological polar surface area (TPSA) is 69.6 Å². The Kier molecular flexibility index (Phi) is 4.44. The third-order valence-electron chi connectivity index (χ3n) is 3.29. The zero-order valence-corrected chi connectivity index (χ0v) is 11.9. The van der Waals surface area contributed by atoms with Gasteiger partial charge >= 0.3 is 0 Å². The third kappa shape index (κ3) is 3.92. The van der Waals surface area contributed by atoms with E-state index < -0.39 is 10.0 Å². The van der Waals surface area contributed by atoms with E-state index in [1.807, 2.05) is 0 Å². The number of aromatic hydroxyl groups is 1. The number of nitrogens with zero attached hydrogens (tertiary/aromatic N) is 1. The smallest absolute Gasteiger partial charge is 0.240 e. The molecule has 2 N–H and O–H groups in total. The Balaban J connectivity index is 1.90. The molecule has 0 unspecified atom stereocenters. The molecule has 0 saturated heterocycles. The Hall–Kier alpha value is -1.11. The predicted molar refractivity (Wildman–Crippen MR) is 73.6 cm³/mol. The van der Waals surface area contributed by atoms with Crippen LogP contribution in [-0.4, -0.2) is 44.1 Å². The molecule has 1 aliphatic rings. The van der Waals surface area contributed by atoms with E-state index in [0.29, 0.717) is 12.6 Å². The summed E-state index contributed by atoms with van der Waals surface area (Å²) < 4.78 is 26.6. The lowest BCUT2D eigenvalue weighted by Gasteiger charge is -2.19. The molecule has 5 nitrogen and oxygen atoms in total. The van der Waals surface area contributed by atoms with Crippen molar-refractivity contribution < 1.29 is 13.5 Å². The van der Waals surface area contributed by atoms with Crippen molar-refractivity contribution >= 4 is 10.0 Å². The van der Waals surface area contributed by atoms with E-state index in [2.05, 4.69) is 16.5 Å². The van der Waals surface area contributed by atoms with Crippen LogP contribution in [-0.2, 0) is 10.0 Å². The monoisotopic (exact) mass is 284 g/mol. The van der Waals surface area contributed by atoms with E-state index in [1.165, 1.54) is 37.1 Å². The van der Waals surface area contributed by atoms with Gasteiger partial charge in [-0.25, -0.2) is 13.1 Å². The molecule has 19 heavy (non-hydrogen) atoms. The van der Waals surface area contributed by atoms with E-state index in [1.54, 1.807) is 0 Å². The van der Waals surface area contributed by atoms with Crippen molar-refractivity contribution in [1.82, 2.24) is 9.62 Å². The zero-order chi connectivity index (χ0) is 13.9. The van der Waals surface area contributed by atoms with Crippen molar-refractivity contribution in [2.75, 3.05) is 19.6 Å². The van der Waals surface area contributed by atoms with Crippen LogP contribution in [0, 0.1) is 0 Å². The summed E-state index contributed by atoms with van der Waals surface area (Å²) in [4.78, 5) is 2.38. The first-order chi connectivity index (χ1) is 9.03. The fraction of sp³-hybridized carbons (Fsp3) is 0.538. The lowest BCUT2D eigenvalue weighted by Crippen LogP contribution is -2.36. The third-order valence-corrected chi connectivity index (χ3v) is 4.75. The summed E-state index contributed by atoms with van der Waals surface area (Å²) in [5.41, 5.74) is 0. The molecule has 0 atom stereocenters. The summed E-state index contributed by atoms with van der Waals surface area (Å²) in [6.45, 7) is 4.14. The van der Waals surface area contributed by atoms with Gasteiger partial charge in [0.15, 0.2) is 0 Å². The van der Waals surface area contributed by atoms with Crippen molar-refractivity contribution in [1.29, 1.82) is 0 Å². The molecule has 1 saturated carbocycles. The van der Waals surface area contributed by atoms with Crippen LogP contribution >= 0.6 is 0 Å². The van der Waals surface area contributed by atoms with Crippen LogP contribution in [0.2, 0.25) is 0 Å². The van der Waals surface area contributed by atoms with Crippen LogP contribution < -0.4 is 4.72 Å². The van der Waals surface area contributed by atoms with E-state index in [-0.39, 0.29) is 10.6 Å². The highest BCUT2D eigenvalue weighted by atomic mass is 32.2. The first-order valence-electron chi connectivity index (χ1n) is 6.55. The molecular weight excluding hydrogens is 264 g/mol. The first kappa shape index (κ1) is 14.3. The van der Waals surface area contributed by atoms with E-state index >= 15 is 0 Å². The standard InChI is InChI=1S/C13H20N2O3S/c1-2-15(11-6-7-11)9-8-14-19(17,18)13-5-3-4-12(16)10-13/h3-5,10-11,14,16H,2,6-9H2,1H3. The minimum atomic E-state index is -3.53. The van der Waals surface area contributed by atoms with Crippen LogP contribution in [0.15, 0.2) is 29.2 Å². The quantitative estimate of drug-likeness (QED) is 0.788. The molecule has 0 heterocycles. The lowest BCUT2D eigenvalue weighted by atomic mass is 10.3. The van der Waals surface area contributed by atoms with Gasteiger partial charge in [0.05, 0.1) is 4.90 Å². The number of hydrogen-bond acceptors (Lipinski definition) is 4. The van der Waals surface area contributed by atoms with Gasteiger partial charge in [-0.2, -0.15) is 0 Å². The van der Waals surface area contributed by atoms with Crippen LogP contribution in [0.4, 0.5) is 0 Å². The highest BCUT2D eigenvalue weighted by Crippen LogP contribution is 2.25. The van der Waals surface area contributed by atoms with Gasteiger partial charge in [0.2, 0.25) is 10.0 Å². The molecule has 0 spiro atoms. The van der Waals surface area contributed by atoms with E-state index in [9.17, 15) is 13.5 Å². The van der Waals surface area contributed by atoms with Gasteiger partial charge in [-0.1, -0.05) is 13.0 Å². The number of likely N-dealkylation sites (N-methyl/N-ethyl adjacent to an activating group) is 1. The van der Waals surface area contributed by atoms with E-state index in [4.69, 9.17) is 0 Å². The van der Waals surface area contributed by atoms with Crippen molar-refractivity contribution in [2.24, 2.45) is 0 Å². The van der Waals surface area contributed by atoms with Gasteiger partial charge in [-0.05, 0) is 37.6 Å². The van der Waals surface area contributed by atoms with Crippen LogP contribution in [0.3, 0.4) is 0 Å². The Morgan fingerprint density at radius 3 is 2.74 bits per heavy atom. The number of sulfonamides is 1. The summed E-state index contributed by atoms with van der Waals surface area (Å²) in [6.07, 6.45) is 2.43. The number of phenolic OH excluding ortho intramolecular Hbond substituents is 1. The molecule has 1 aromatic carbocycles. The van der Waals surface area contributed by atoms with Crippen molar-refractivity contribution in [3.8, 4) is 5.75 Å². The molecule has 2 rings (SSSR count). The second-order valence-electron chi connectivity index (χ2n) is 4.75. The molecule has 0 amide bonds. The summed E-state index contributed by atoms with van der Waals surface area (Å²) in [5.74, 6) is -0.0453. The second-order valence-corrected chi connectivity index (χ2v) is 6.52. The van der Waals surface area contributed by atoms with Gasteiger partial charge in [-0.15, -0.1) is 0 Å². The molecule has 0 bridgehead atoms. The maximum absolute atomic E-state index is 12.0. The number of benzene rings is 1. The van der Waals surface area contributed by atoms with Gasteiger partial charge in [0, 0.05) is 19.1 Å². The SMILES string of the molecule is CCN(CCNS(=O)(=O)c1cccc(O)c1)C1CC1. The molecule has 0 radical (unpaired) electrons. The second kappa shape index (κ2) is 5.90. The highest BCUT2D eigenvalue weighted by Gasteiger charge is 2.27. The summed E-state index contributed by atoms with van der Waals surface area (Å²) >= 11 is 0. The van der Waals surface area contributed by atoms with Gasteiger partial charge in [-0.3, -0.25) is 4.90 Å². The molecule has 6 heteroatoms. The highest BCUT2D eigenvalue weighted by molar-refractivity contribution is 7.89. The van der Waals surface area contributed by atoms with Crippen molar-refractivity contribution in [2.45, 2.75) is 30.7 Å². The Labute approximate surface area is 114 Å². The maximum atomic E-state index is 12.0. The number of nitrogens with one attached hydrogen (secondary N) is 1. The molecule has 0 aliphatic heterocycles. The summed E-state index contributed by atoms with van der Waals surface area (Å²) in [5, 5.41) is 9.31. The maximum Gasteiger partial charge on any atom is 0.240 e. The molecule has 1 aromatic rings. The van der Waals surface area contributed by atoms with E-state index in [0.717, 1.165) is 13.1 Å². The summed E-state index contributed by atoms with van der Waals surface area (Å²) in [6, 6.07) is 6.33. The average Bonchev–Trinajstić information content (AvgIpc) is 3.19. The molecular formula is C13H20N2O3S. The van der Waals surface area contributed by atoms with Gasteiger partial charge in [0.25, 0.3) is 0 Å². The van der Waals surface area contributed by atoms with Gasteiger partial charge < -0.3 is 5.11 Å². The Bertz CT molecular complexity index is 526. The molecule has 1 fully saturated rings. The van der Waals surface area contributed by atoms with Crippen molar-refractivity contribution in [3.05, 3.63) is 24.3 Å². The fourth-order valence-electron chi connectivity index (χ4n) is 2.10. The molecule has 0 aromatic heterocycles. The fourth-order valence-corrected chi connectivity index (χ4v) is 3.16. The first-order valence-corrected chi connectivity index (χ1v) is 8.04. The number of hydrogen-bond donors (Lipinski definition) is 2. The Morgan fingerprint density at radius 1 is 1.42 bits per heavy atom. The summed E-state index contributed by atoms with van der Waals surface area (Å²) in [7, 11) is -3.53. The minimum absolute atomic E-state index is 0.0453. The van der Waals surface area contributed by atoms with Gasteiger partial charge in [0.1, 0.15) is 5.75 Å². The van der Waals surface area contributed by atoms with Crippen LogP contribution in [0.25, 0.3) is 0 Å². The minimum Gasteiger partial charge on any atom is -0.508 e. The molecule has 1 aliphatic carbocycles. The normalized spacial score (nSPS) is 15.9. The number of rotatable bonds is 7. The van der Waals surface area contributed by atoms with Crippen LogP contribution in [0.1, 0.15) is 19.8 Å². The predicted octanol–water partition coefficient (Wildman–Crippen LogP) is 1.15. The lowest BCUT2D eigenvalue weighted by molar-refractivity contribution is 0.282. The van der Waals surface area contributed by atoms with Crippen molar-refractivity contribution in [3.63, 3.8) is 0 Å². The number of phenols is 1. The molecule has 106 valence electrons.